The Hall–Kier alpha value is -0.0900. The molecule has 1 rings (SSSR count). The molecule has 0 aliphatic heterocycles. The second kappa shape index (κ2) is 5.70. The Morgan fingerprint density at radius 2 is 2.00 bits per heavy atom. The highest BCUT2D eigenvalue weighted by molar-refractivity contribution is 7.92. The normalized spacial score (nSPS) is 29.2. The fraction of sp³-hybridized carbons (Fsp3) is 1.00. The van der Waals surface area contributed by atoms with Gasteiger partial charge in [-0.2, -0.15) is 0 Å². The van der Waals surface area contributed by atoms with E-state index >= 15 is 0 Å². The van der Waals surface area contributed by atoms with Gasteiger partial charge in [-0.25, -0.2) is 8.42 Å². The maximum atomic E-state index is 12.4. The Kier molecular flexibility index (Phi) is 5.02. The Bertz CT molecular complexity index is 335. The summed E-state index contributed by atoms with van der Waals surface area (Å²) in [6.07, 6.45) is 4.61. The first-order valence-electron chi connectivity index (χ1n) is 6.71. The maximum absolute atomic E-state index is 12.4. The molecule has 0 aromatic heterocycles. The fourth-order valence-electron chi connectivity index (χ4n) is 2.73. The average Bonchev–Trinajstić information content (AvgIpc) is 2.25. The number of nitrogens with one attached hydrogen (secondary N) is 1. The molecule has 1 saturated carbocycles. The molecular formula is C13H27NO2S. The zero-order valence-corrected chi connectivity index (χ0v) is 12.4. The predicted molar refractivity (Wildman–Crippen MR) is 73.0 cm³/mol. The second-order valence-electron chi connectivity index (χ2n) is 6.06. The third kappa shape index (κ3) is 3.95. The van der Waals surface area contributed by atoms with Crippen LogP contribution in [0.2, 0.25) is 0 Å². The van der Waals surface area contributed by atoms with Crippen molar-refractivity contribution in [1.82, 2.24) is 5.32 Å². The van der Waals surface area contributed by atoms with E-state index in [0.717, 1.165) is 32.1 Å². The van der Waals surface area contributed by atoms with Crippen molar-refractivity contribution in [3.63, 3.8) is 0 Å². The molecule has 0 bridgehead atoms. The van der Waals surface area contributed by atoms with E-state index in [-0.39, 0.29) is 16.7 Å². The lowest BCUT2D eigenvalue weighted by atomic mass is 9.75. The van der Waals surface area contributed by atoms with Gasteiger partial charge in [-0.1, -0.05) is 27.2 Å². The SMILES string of the molecule is CCCCS(=O)(=O)C1CC(C)(C)CCC1NC. The van der Waals surface area contributed by atoms with E-state index in [4.69, 9.17) is 0 Å². The van der Waals surface area contributed by atoms with Crippen LogP contribution in [0.4, 0.5) is 0 Å². The second-order valence-corrected chi connectivity index (χ2v) is 8.40. The Morgan fingerprint density at radius 3 is 2.53 bits per heavy atom. The molecule has 1 N–H and O–H groups in total. The van der Waals surface area contributed by atoms with Crippen LogP contribution in [0.3, 0.4) is 0 Å². The lowest BCUT2D eigenvalue weighted by Gasteiger charge is -2.40. The van der Waals surface area contributed by atoms with Crippen molar-refractivity contribution in [1.29, 1.82) is 0 Å². The number of unbranched alkanes of at least 4 members (excludes halogenated alkanes) is 1. The third-order valence-electron chi connectivity index (χ3n) is 3.95. The fourth-order valence-corrected chi connectivity index (χ4v) is 5.20. The van der Waals surface area contributed by atoms with Crippen molar-refractivity contribution in [2.75, 3.05) is 12.8 Å². The van der Waals surface area contributed by atoms with Crippen molar-refractivity contribution < 1.29 is 8.42 Å². The molecule has 2 atom stereocenters. The van der Waals surface area contributed by atoms with E-state index in [2.05, 4.69) is 19.2 Å². The number of hydrogen-bond acceptors (Lipinski definition) is 3. The predicted octanol–water partition coefficient (Wildman–Crippen LogP) is 2.37. The lowest BCUT2D eigenvalue weighted by Crippen LogP contribution is -2.49. The van der Waals surface area contributed by atoms with Crippen LogP contribution < -0.4 is 5.32 Å². The van der Waals surface area contributed by atoms with Crippen LogP contribution >= 0.6 is 0 Å². The van der Waals surface area contributed by atoms with Gasteiger partial charge in [0.15, 0.2) is 9.84 Å². The van der Waals surface area contributed by atoms with Gasteiger partial charge in [0.25, 0.3) is 0 Å². The highest BCUT2D eigenvalue weighted by Gasteiger charge is 2.40. The Morgan fingerprint density at radius 1 is 1.35 bits per heavy atom. The lowest BCUT2D eigenvalue weighted by molar-refractivity contribution is 0.213. The highest BCUT2D eigenvalue weighted by atomic mass is 32.2. The number of sulfone groups is 1. The van der Waals surface area contributed by atoms with E-state index < -0.39 is 9.84 Å². The van der Waals surface area contributed by atoms with Gasteiger partial charge in [0.1, 0.15) is 0 Å². The third-order valence-corrected chi connectivity index (χ3v) is 6.22. The molecule has 17 heavy (non-hydrogen) atoms. The van der Waals surface area contributed by atoms with Crippen molar-refractivity contribution in [2.45, 2.75) is 64.2 Å². The highest BCUT2D eigenvalue weighted by Crippen LogP contribution is 2.38. The van der Waals surface area contributed by atoms with Gasteiger partial charge in [-0.3, -0.25) is 0 Å². The molecule has 0 amide bonds. The monoisotopic (exact) mass is 261 g/mol. The molecule has 0 spiro atoms. The summed E-state index contributed by atoms with van der Waals surface area (Å²) < 4.78 is 24.7. The van der Waals surface area contributed by atoms with Crippen molar-refractivity contribution in [3.8, 4) is 0 Å². The maximum Gasteiger partial charge on any atom is 0.154 e. The molecule has 0 heterocycles. The molecule has 102 valence electrons. The largest absolute Gasteiger partial charge is 0.316 e. The van der Waals surface area contributed by atoms with Gasteiger partial charge < -0.3 is 5.32 Å². The zero-order valence-electron chi connectivity index (χ0n) is 11.6. The molecule has 0 radical (unpaired) electrons. The topological polar surface area (TPSA) is 46.2 Å². The summed E-state index contributed by atoms with van der Waals surface area (Å²) in [5, 5.41) is 3.00. The molecule has 1 fully saturated rings. The van der Waals surface area contributed by atoms with Crippen LogP contribution in [0, 0.1) is 5.41 Å². The minimum atomic E-state index is -2.94. The molecule has 0 aromatic rings. The zero-order chi connectivity index (χ0) is 13.1. The summed E-state index contributed by atoms with van der Waals surface area (Å²) >= 11 is 0. The van der Waals surface area contributed by atoms with E-state index in [0.29, 0.717) is 5.75 Å². The average molecular weight is 261 g/mol. The minimum Gasteiger partial charge on any atom is -0.316 e. The van der Waals surface area contributed by atoms with Gasteiger partial charge in [0.2, 0.25) is 0 Å². The molecule has 2 unspecified atom stereocenters. The van der Waals surface area contributed by atoms with E-state index in [1.54, 1.807) is 0 Å². The molecular weight excluding hydrogens is 234 g/mol. The van der Waals surface area contributed by atoms with Gasteiger partial charge >= 0.3 is 0 Å². The summed E-state index contributed by atoms with van der Waals surface area (Å²) in [4.78, 5) is 0. The molecule has 3 nitrogen and oxygen atoms in total. The molecule has 0 saturated heterocycles. The van der Waals surface area contributed by atoms with E-state index in [1.165, 1.54) is 0 Å². The van der Waals surface area contributed by atoms with E-state index in [9.17, 15) is 8.42 Å². The van der Waals surface area contributed by atoms with Gasteiger partial charge in [-0.15, -0.1) is 0 Å². The first kappa shape index (κ1) is 15.0. The van der Waals surface area contributed by atoms with Crippen molar-refractivity contribution >= 4 is 9.84 Å². The smallest absolute Gasteiger partial charge is 0.154 e. The van der Waals surface area contributed by atoms with Crippen LogP contribution in [0.1, 0.15) is 52.9 Å². The minimum absolute atomic E-state index is 0.143. The molecule has 4 heteroatoms. The molecule has 1 aliphatic rings. The van der Waals surface area contributed by atoms with Crippen LogP contribution in [0.15, 0.2) is 0 Å². The quantitative estimate of drug-likeness (QED) is 0.826. The Balaban J connectivity index is 2.82. The van der Waals surface area contributed by atoms with Crippen LogP contribution in [0.5, 0.6) is 0 Å². The summed E-state index contributed by atoms with van der Waals surface area (Å²) in [5.41, 5.74) is 0.164. The number of rotatable bonds is 5. The summed E-state index contributed by atoms with van der Waals surface area (Å²) in [7, 11) is -1.06. The van der Waals surface area contributed by atoms with Gasteiger partial charge in [0, 0.05) is 6.04 Å². The summed E-state index contributed by atoms with van der Waals surface area (Å²) in [6, 6.07) is 0.143. The van der Waals surface area contributed by atoms with Gasteiger partial charge in [0.05, 0.1) is 11.0 Å². The van der Waals surface area contributed by atoms with Crippen LogP contribution in [-0.4, -0.2) is 32.5 Å². The van der Waals surface area contributed by atoms with E-state index in [1.807, 2.05) is 14.0 Å². The standard InChI is InChI=1S/C13H27NO2S/c1-5-6-9-17(15,16)12-10-13(2,3)8-7-11(12)14-4/h11-12,14H,5-10H2,1-4H3. The van der Waals surface area contributed by atoms with Crippen LogP contribution in [-0.2, 0) is 9.84 Å². The Labute approximate surface area is 106 Å². The van der Waals surface area contributed by atoms with Gasteiger partial charge in [-0.05, 0) is 38.1 Å². The summed E-state index contributed by atoms with van der Waals surface area (Å²) in [5.74, 6) is 0.350. The van der Waals surface area contributed by atoms with Crippen molar-refractivity contribution in [2.24, 2.45) is 5.41 Å². The summed E-state index contributed by atoms with van der Waals surface area (Å²) in [6.45, 7) is 6.40. The van der Waals surface area contributed by atoms with Crippen molar-refractivity contribution in [3.05, 3.63) is 0 Å². The first-order chi connectivity index (χ1) is 7.82. The number of hydrogen-bond donors (Lipinski definition) is 1. The molecule has 1 aliphatic carbocycles. The molecule has 0 aromatic carbocycles. The first-order valence-corrected chi connectivity index (χ1v) is 8.43. The van der Waals surface area contributed by atoms with Crippen LogP contribution in [0.25, 0.3) is 0 Å².